The SMILES string of the molecule is CC(C)Sc1nnc(N)c2sc3c(c12)COC(C)(C)C3. The van der Waals surface area contributed by atoms with Gasteiger partial charge in [-0.15, -0.1) is 33.3 Å². The smallest absolute Gasteiger partial charge is 0.164 e. The second kappa shape index (κ2) is 4.86. The van der Waals surface area contributed by atoms with Crippen LogP contribution in [-0.4, -0.2) is 21.0 Å². The largest absolute Gasteiger partial charge is 0.381 e. The molecule has 0 aliphatic carbocycles. The number of rotatable bonds is 2. The first-order valence-corrected chi connectivity index (χ1v) is 8.44. The van der Waals surface area contributed by atoms with Crippen LogP contribution in [0.3, 0.4) is 0 Å². The number of nitrogens with zero attached hydrogens (tertiary/aromatic N) is 2. The van der Waals surface area contributed by atoms with Crippen LogP contribution in [0, 0.1) is 0 Å². The lowest BCUT2D eigenvalue weighted by Gasteiger charge is -2.30. The van der Waals surface area contributed by atoms with E-state index < -0.39 is 0 Å². The van der Waals surface area contributed by atoms with Crippen molar-refractivity contribution < 1.29 is 4.74 Å². The van der Waals surface area contributed by atoms with Crippen LogP contribution < -0.4 is 5.73 Å². The molecule has 0 bridgehead atoms. The van der Waals surface area contributed by atoms with Crippen molar-refractivity contribution in [2.75, 3.05) is 5.73 Å². The van der Waals surface area contributed by atoms with E-state index in [9.17, 15) is 0 Å². The molecule has 0 fully saturated rings. The lowest BCUT2D eigenvalue weighted by Crippen LogP contribution is -2.30. The van der Waals surface area contributed by atoms with E-state index in [1.807, 2.05) is 0 Å². The lowest BCUT2D eigenvalue weighted by molar-refractivity contribution is -0.0383. The Hall–Kier alpha value is -0.850. The van der Waals surface area contributed by atoms with Crippen molar-refractivity contribution in [3.63, 3.8) is 0 Å². The predicted octanol–water partition coefficient (Wildman–Crippen LogP) is 3.63. The Bertz CT molecular complexity index is 664. The summed E-state index contributed by atoms with van der Waals surface area (Å²) in [7, 11) is 0. The molecule has 0 saturated heterocycles. The van der Waals surface area contributed by atoms with Crippen LogP contribution in [0.2, 0.25) is 0 Å². The number of fused-ring (bicyclic) bond motifs is 3. The Kier molecular flexibility index (Phi) is 3.43. The van der Waals surface area contributed by atoms with Gasteiger partial charge in [-0.25, -0.2) is 0 Å². The van der Waals surface area contributed by atoms with Crippen LogP contribution in [0.4, 0.5) is 5.82 Å². The van der Waals surface area contributed by atoms with Crippen LogP contribution in [0.25, 0.3) is 10.1 Å². The number of hydrogen-bond acceptors (Lipinski definition) is 6. The van der Waals surface area contributed by atoms with Gasteiger partial charge in [-0.1, -0.05) is 13.8 Å². The normalized spacial score (nSPS) is 17.6. The number of thioether (sulfide) groups is 1. The number of hydrogen-bond donors (Lipinski definition) is 1. The molecule has 2 N–H and O–H groups in total. The maximum Gasteiger partial charge on any atom is 0.164 e. The molecule has 0 amide bonds. The highest BCUT2D eigenvalue weighted by molar-refractivity contribution is 8.00. The quantitative estimate of drug-likeness (QED) is 0.858. The van der Waals surface area contributed by atoms with Crippen molar-refractivity contribution in [3.05, 3.63) is 10.4 Å². The Morgan fingerprint density at radius 3 is 2.80 bits per heavy atom. The van der Waals surface area contributed by atoms with E-state index in [0.717, 1.165) is 21.5 Å². The van der Waals surface area contributed by atoms with Gasteiger partial charge in [0.05, 0.1) is 16.9 Å². The molecule has 20 heavy (non-hydrogen) atoms. The molecule has 0 unspecified atom stereocenters. The van der Waals surface area contributed by atoms with Gasteiger partial charge in [0, 0.05) is 27.5 Å². The molecule has 0 aromatic carbocycles. The van der Waals surface area contributed by atoms with Crippen molar-refractivity contribution in [2.24, 2.45) is 0 Å². The third-order valence-electron chi connectivity index (χ3n) is 3.33. The number of nitrogen functional groups attached to an aromatic ring is 1. The highest BCUT2D eigenvalue weighted by atomic mass is 32.2. The first-order chi connectivity index (χ1) is 9.37. The Morgan fingerprint density at radius 1 is 1.35 bits per heavy atom. The molecule has 4 nitrogen and oxygen atoms in total. The third-order valence-corrected chi connectivity index (χ3v) is 5.56. The highest BCUT2D eigenvalue weighted by Gasteiger charge is 2.31. The standard InChI is InChI=1S/C14H19N3OS2/c1-7(2)19-13-10-8-6-18-14(3,4)5-9(8)20-11(10)12(15)16-17-13/h7H,5-6H2,1-4H3,(H2,15,16). The molecule has 0 spiro atoms. The van der Waals surface area contributed by atoms with Gasteiger partial charge >= 0.3 is 0 Å². The van der Waals surface area contributed by atoms with E-state index in [1.54, 1.807) is 23.1 Å². The van der Waals surface area contributed by atoms with Crippen LogP contribution in [0.1, 0.15) is 38.1 Å². The average molecular weight is 309 g/mol. The molecule has 6 heteroatoms. The van der Waals surface area contributed by atoms with Gasteiger partial charge < -0.3 is 10.5 Å². The van der Waals surface area contributed by atoms with Crippen molar-refractivity contribution in [3.8, 4) is 0 Å². The molecule has 0 radical (unpaired) electrons. The zero-order chi connectivity index (χ0) is 14.5. The average Bonchev–Trinajstić information content (AvgIpc) is 2.70. The van der Waals surface area contributed by atoms with Gasteiger partial charge in [0.15, 0.2) is 5.82 Å². The summed E-state index contributed by atoms with van der Waals surface area (Å²) < 4.78 is 7.03. The lowest BCUT2D eigenvalue weighted by atomic mass is 9.97. The fourth-order valence-electron chi connectivity index (χ4n) is 2.42. The molecule has 2 aromatic heterocycles. The van der Waals surface area contributed by atoms with Crippen LogP contribution in [-0.2, 0) is 17.8 Å². The van der Waals surface area contributed by atoms with Crippen LogP contribution in [0.15, 0.2) is 5.03 Å². The second-order valence-corrected chi connectivity index (χ2v) is 8.66. The molecule has 2 aromatic rings. The molecule has 1 aliphatic heterocycles. The third kappa shape index (κ3) is 2.40. The predicted molar refractivity (Wildman–Crippen MR) is 85.4 cm³/mol. The maximum absolute atomic E-state index is 6.02. The molecule has 0 atom stereocenters. The summed E-state index contributed by atoms with van der Waals surface area (Å²) in [6.45, 7) is 9.22. The van der Waals surface area contributed by atoms with Crippen molar-refractivity contribution in [1.29, 1.82) is 0 Å². The topological polar surface area (TPSA) is 61.0 Å². The van der Waals surface area contributed by atoms with Gasteiger partial charge in [-0.2, -0.15) is 0 Å². The fourth-order valence-corrected chi connectivity index (χ4v) is 4.78. The van der Waals surface area contributed by atoms with Crippen molar-refractivity contribution in [2.45, 2.75) is 56.6 Å². The summed E-state index contributed by atoms with van der Waals surface area (Å²) >= 11 is 3.48. The molecular weight excluding hydrogens is 290 g/mol. The van der Waals surface area contributed by atoms with E-state index >= 15 is 0 Å². The zero-order valence-corrected chi connectivity index (χ0v) is 13.8. The van der Waals surface area contributed by atoms with Gasteiger partial charge in [0.25, 0.3) is 0 Å². The summed E-state index contributed by atoms with van der Waals surface area (Å²) in [4.78, 5) is 1.36. The van der Waals surface area contributed by atoms with E-state index in [2.05, 4.69) is 37.9 Å². The highest BCUT2D eigenvalue weighted by Crippen LogP contribution is 2.43. The first-order valence-electron chi connectivity index (χ1n) is 6.74. The molecule has 1 aliphatic rings. The van der Waals surface area contributed by atoms with Crippen molar-refractivity contribution in [1.82, 2.24) is 10.2 Å². The van der Waals surface area contributed by atoms with Gasteiger partial charge in [-0.05, 0) is 13.8 Å². The minimum absolute atomic E-state index is 0.102. The summed E-state index contributed by atoms with van der Waals surface area (Å²) in [6.07, 6.45) is 0.924. The maximum atomic E-state index is 6.02. The molecule has 0 saturated carbocycles. The Labute approximate surface area is 127 Å². The van der Waals surface area contributed by atoms with E-state index in [0.29, 0.717) is 17.7 Å². The number of thiophene rings is 1. The molecule has 3 rings (SSSR count). The van der Waals surface area contributed by atoms with E-state index in [4.69, 9.17) is 10.5 Å². The van der Waals surface area contributed by atoms with E-state index in [1.165, 1.54) is 10.4 Å². The Balaban J connectivity index is 2.20. The monoisotopic (exact) mass is 309 g/mol. The fraction of sp³-hybridized carbons (Fsp3) is 0.571. The summed E-state index contributed by atoms with van der Waals surface area (Å²) in [5.74, 6) is 0.533. The van der Waals surface area contributed by atoms with Crippen molar-refractivity contribution >= 4 is 39.0 Å². The number of ether oxygens (including phenoxy) is 1. The van der Waals surface area contributed by atoms with Crippen LogP contribution >= 0.6 is 23.1 Å². The summed E-state index contributed by atoms with van der Waals surface area (Å²) in [6, 6.07) is 0. The number of anilines is 1. The molecule has 108 valence electrons. The summed E-state index contributed by atoms with van der Waals surface area (Å²) in [5, 5.41) is 11.0. The van der Waals surface area contributed by atoms with Gasteiger partial charge in [0.1, 0.15) is 5.03 Å². The van der Waals surface area contributed by atoms with Gasteiger partial charge in [0.2, 0.25) is 0 Å². The Morgan fingerprint density at radius 2 is 2.10 bits per heavy atom. The number of aromatic nitrogens is 2. The first kappa shape index (κ1) is 14.1. The van der Waals surface area contributed by atoms with Crippen LogP contribution in [0.5, 0.6) is 0 Å². The minimum Gasteiger partial charge on any atom is -0.381 e. The second-order valence-electron chi connectivity index (χ2n) is 5.99. The van der Waals surface area contributed by atoms with E-state index in [-0.39, 0.29) is 5.60 Å². The molecule has 3 heterocycles. The number of nitrogens with two attached hydrogens (primary N) is 1. The minimum atomic E-state index is -0.102. The van der Waals surface area contributed by atoms with Gasteiger partial charge in [-0.3, -0.25) is 0 Å². The molecular formula is C14H19N3OS2. The summed E-state index contributed by atoms with van der Waals surface area (Å²) in [5.41, 5.74) is 7.18. The zero-order valence-electron chi connectivity index (χ0n) is 12.2.